The number of sulfonamides is 1. The molecular formula is C31H36ClN7O4S. The number of ether oxygens (including phenoxy) is 2. The first-order valence-electron chi connectivity index (χ1n) is 14.9. The van der Waals surface area contributed by atoms with Gasteiger partial charge in [-0.1, -0.05) is 11.6 Å². The number of hydrogen-bond donors (Lipinski definition) is 1. The minimum Gasteiger partial charge on any atom is -0.495 e. The number of benzene rings is 1. The summed E-state index contributed by atoms with van der Waals surface area (Å²) in [5, 5.41) is 13.6. The molecule has 3 aromatic rings. The fourth-order valence-electron chi connectivity index (χ4n) is 6.81. The summed E-state index contributed by atoms with van der Waals surface area (Å²) >= 11 is 6.37. The Morgan fingerprint density at radius 1 is 1.09 bits per heavy atom. The SMILES string of the molecule is CCOc1nc(Cl)ccc1C1(N2CCC(N3CCNCC3)CC2)CN(S(=O)(=O)c2ccc(OC)cn2)c2ccc(C#N)cc21. The summed E-state index contributed by atoms with van der Waals surface area (Å²) in [5.74, 6) is 0.805. The summed E-state index contributed by atoms with van der Waals surface area (Å²) in [6.45, 7) is 7.70. The molecule has 2 aromatic heterocycles. The van der Waals surface area contributed by atoms with Gasteiger partial charge < -0.3 is 14.8 Å². The highest BCUT2D eigenvalue weighted by Crippen LogP contribution is 2.52. The van der Waals surface area contributed by atoms with Crippen LogP contribution in [0.3, 0.4) is 0 Å². The van der Waals surface area contributed by atoms with Crippen molar-refractivity contribution in [1.29, 1.82) is 5.26 Å². The van der Waals surface area contributed by atoms with Gasteiger partial charge in [0.2, 0.25) is 5.88 Å². The maximum atomic E-state index is 14.3. The standard InChI is InChI=1S/C31H36ClN7O4S/c1-3-43-30-25(6-8-28(32)36-30)31(38-14-10-23(11-15-38)37-16-12-34-13-17-37)21-39(27-7-4-22(19-33)18-26(27)31)44(40,41)29-9-5-24(42-2)20-35-29/h4-9,18,20,23,34H,3,10-17,21H2,1-2H3. The molecule has 2 fully saturated rings. The lowest BCUT2D eigenvalue weighted by Gasteiger charge is -2.48. The van der Waals surface area contributed by atoms with Gasteiger partial charge in [0, 0.05) is 56.4 Å². The van der Waals surface area contributed by atoms with Crippen molar-refractivity contribution in [3.63, 3.8) is 0 Å². The average Bonchev–Trinajstić information content (AvgIpc) is 3.41. The number of nitriles is 1. The largest absolute Gasteiger partial charge is 0.495 e. The number of anilines is 1. The zero-order valence-corrected chi connectivity index (χ0v) is 26.4. The number of hydrogen-bond acceptors (Lipinski definition) is 10. The van der Waals surface area contributed by atoms with Crippen LogP contribution in [0.15, 0.2) is 53.7 Å². The second-order valence-corrected chi connectivity index (χ2v) is 13.4. The molecule has 6 rings (SSSR count). The second-order valence-electron chi connectivity index (χ2n) is 11.2. The number of nitrogens with zero attached hydrogens (tertiary/aromatic N) is 6. The molecule has 44 heavy (non-hydrogen) atoms. The Balaban J connectivity index is 1.50. The molecule has 3 aliphatic rings. The molecular weight excluding hydrogens is 602 g/mol. The van der Waals surface area contributed by atoms with Gasteiger partial charge >= 0.3 is 0 Å². The van der Waals surface area contributed by atoms with Crippen molar-refractivity contribution in [3.8, 4) is 17.7 Å². The maximum absolute atomic E-state index is 14.3. The van der Waals surface area contributed by atoms with Crippen LogP contribution in [-0.4, -0.2) is 93.8 Å². The van der Waals surface area contributed by atoms with E-state index in [1.54, 1.807) is 30.3 Å². The highest BCUT2D eigenvalue weighted by atomic mass is 35.5. The third-order valence-electron chi connectivity index (χ3n) is 8.94. The Labute approximate surface area is 263 Å². The van der Waals surface area contributed by atoms with Crippen LogP contribution in [0.2, 0.25) is 5.15 Å². The Morgan fingerprint density at radius 3 is 2.52 bits per heavy atom. The number of likely N-dealkylation sites (tertiary alicyclic amines) is 1. The van der Waals surface area contributed by atoms with Crippen LogP contribution >= 0.6 is 11.6 Å². The number of piperazine rings is 1. The number of fused-ring (bicyclic) bond motifs is 1. The van der Waals surface area contributed by atoms with Crippen LogP contribution in [-0.2, 0) is 15.6 Å². The Morgan fingerprint density at radius 2 is 1.86 bits per heavy atom. The zero-order chi connectivity index (χ0) is 30.9. The van der Waals surface area contributed by atoms with E-state index in [1.165, 1.54) is 23.7 Å². The van der Waals surface area contributed by atoms with Crippen LogP contribution < -0.4 is 19.1 Å². The summed E-state index contributed by atoms with van der Waals surface area (Å²) in [7, 11) is -2.62. The average molecular weight is 638 g/mol. The van der Waals surface area contributed by atoms with E-state index >= 15 is 0 Å². The zero-order valence-electron chi connectivity index (χ0n) is 24.9. The Bertz CT molecular complexity index is 1650. The number of pyridine rings is 2. The first kappa shape index (κ1) is 30.6. The van der Waals surface area contributed by atoms with E-state index in [4.69, 9.17) is 21.1 Å². The lowest BCUT2D eigenvalue weighted by Crippen LogP contribution is -2.57. The van der Waals surface area contributed by atoms with E-state index in [0.29, 0.717) is 59.7 Å². The van der Waals surface area contributed by atoms with Crippen molar-refractivity contribution in [2.45, 2.75) is 36.4 Å². The molecule has 13 heteroatoms. The van der Waals surface area contributed by atoms with Crippen LogP contribution in [0, 0.1) is 11.3 Å². The molecule has 232 valence electrons. The molecule has 0 bridgehead atoms. The monoisotopic (exact) mass is 637 g/mol. The number of aromatic nitrogens is 2. The van der Waals surface area contributed by atoms with Crippen LogP contribution in [0.4, 0.5) is 5.69 Å². The predicted molar refractivity (Wildman–Crippen MR) is 167 cm³/mol. The van der Waals surface area contributed by atoms with Crippen molar-refractivity contribution in [1.82, 2.24) is 25.1 Å². The number of nitrogens with one attached hydrogen (secondary N) is 1. The minimum absolute atomic E-state index is 0.0505. The summed E-state index contributed by atoms with van der Waals surface area (Å²) in [4.78, 5) is 13.7. The van der Waals surface area contributed by atoms with Crippen LogP contribution in [0.25, 0.3) is 0 Å². The molecule has 1 N–H and O–H groups in total. The van der Waals surface area contributed by atoms with Gasteiger partial charge in [-0.05, 0) is 62.2 Å². The Hall–Kier alpha value is -3.47. The van der Waals surface area contributed by atoms with E-state index in [0.717, 1.165) is 39.0 Å². The molecule has 0 spiro atoms. The fraction of sp³-hybridized carbons (Fsp3) is 0.452. The van der Waals surface area contributed by atoms with Gasteiger partial charge in [-0.25, -0.2) is 9.97 Å². The predicted octanol–water partition coefficient (Wildman–Crippen LogP) is 3.23. The highest BCUT2D eigenvalue weighted by molar-refractivity contribution is 7.92. The van der Waals surface area contributed by atoms with Crippen LogP contribution in [0.5, 0.6) is 11.6 Å². The first-order chi connectivity index (χ1) is 21.3. The lowest BCUT2D eigenvalue weighted by molar-refractivity contribution is 0.0496. The van der Waals surface area contributed by atoms with Gasteiger partial charge in [-0.15, -0.1) is 0 Å². The highest BCUT2D eigenvalue weighted by Gasteiger charge is 2.54. The van der Waals surface area contributed by atoms with Gasteiger partial charge in [0.15, 0.2) is 5.03 Å². The molecule has 0 amide bonds. The molecule has 2 saturated heterocycles. The van der Waals surface area contributed by atoms with Crippen molar-refractivity contribution in [2.75, 3.05) is 63.8 Å². The molecule has 1 aromatic carbocycles. The maximum Gasteiger partial charge on any atom is 0.281 e. The molecule has 5 heterocycles. The van der Waals surface area contributed by atoms with Crippen LogP contribution in [0.1, 0.15) is 36.5 Å². The van der Waals surface area contributed by atoms with Crippen molar-refractivity contribution < 1.29 is 17.9 Å². The van der Waals surface area contributed by atoms with Gasteiger partial charge in [0.25, 0.3) is 10.0 Å². The number of halogens is 1. The van der Waals surface area contributed by atoms with E-state index in [-0.39, 0.29) is 16.7 Å². The molecule has 0 saturated carbocycles. The van der Waals surface area contributed by atoms with Gasteiger partial charge in [-0.3, -0.25) is 14.1 Å². The van der Waals surface area contributed by atoms with E-state index in [1.807, 2.05) is 13.0 Å². The van der Waals surface area contributed by atoms with E-state index in [2.05, 4.69) is 31.2 Å². The van der Waals surface area contributed by atoms with Gasteiger partial charge in [-0.2, -0.15) is 13.7 Å². The van der Waals surface area contributed by atoms with E-state index < -0.39 is 15.6 Å². The topological polar surface area (TPSA) is 124 Å². The lowest BCUT2D eigenvalue weighted by atomic mass is 9.81. The van der Waals surface area contributed by atoms with E-state index in [9.17, 15) is 13.7 Å². The van der Waals surface area contributed by atoms with Gasteiger partial charge in [0.05, 0.1) is 49.3 Å². The summed E-state index contributed by atoms with van der Waals surface area (Å²) in [5.41, 5.74) is 1.34. The molecule has 3 aliphatic heterocycles. The third kappa shape index (κ3) is 5.37. The quantitative estimate of drug-likeness (QED) is 0.368. The van der Waals surface area contributed by atoms with Crippen molar-refractivity contribution in [3.05, 3.63) is 70.5 Å². The molecule has 0 radical (unpaired) electrons. The van der Waals surface area contributed by atoms with Gasteiger partial charge in [0.1, 0.15) is 10.9 Å². The fourth-order valence-corrected chi connectivity index (χ4v) is 8.38. The molecule has 11 nitrogen and oxygen atoms in total. The molecule has 0 aliphatic carbocycles. The normalized spacial score (nSPS) is 21.5. The summed E-state index contributed by atoms with van der Waals surface area (Å²) in [6, 6.07) is 14.5. The molecule has 1 unspecified atom stereocenters. The van der Waals surface area contributed by atoms with Crippen molar-refractivity contribution >= 4 is 27.3 Å². The minimum atomic E-state index is -4.12. The molecule has 1 atom stereocenters. The smallest absolute Gasteiger partial charge is 0.281 e. The third-order valence-corrected chi connectivity index (χ3v) is 10.8. The number of rotatable bonds is 8. The second kappa shape index (κ2) is 12.5. The number of methoxy groups -OCH3 is 1. The van der Waals surface area contributed by atoms with Crippen molar-refractivity contribution in [2.24, 2.45) is 0 Å². The Kier molecular flexibility index (Phi) is 8.68. The summed E-state index contributed by atoms with van der Waals surface area (Å²) < 4.78 is 41.4. The summed E-state index contributed by atoms with van der Waals surface area (Å²) in [6.07, 6.45) is 3.24. The first-order valence-corrected chi connectivity index (χ1v) is 16.7. The number of piperidine rings is 1.